The number of hydrogen-bond donors (Lipinski definition) is 0. The molecule has 0 atom stereocenters. The zero-order chi connectivity index (χ0) is 15.0. The third kappa shape index (κ3) is 4.64. The summed E-state index contributed by atoms with van der Waals surface area (Å²) < 4.78 is 10.1. The lowest BCUT2D eigenvalue weighted by atomic mass is 10.1. The number of pyridine rings is 1. The molecule has 0 amide bonds. The molecule has 0 saturated carbocycles. The van der Waals surface area contributed by atoms with E-state index in [-0.39, 0.29) is 18.0 Å². The summed E-state index contributed by atoms with van der Waals surface area (Å²) in [5, 5.41) is 0. The molecule has 1 aromatic heterocycles. The van der Waals surface area contributed by atoms with Crippen LogP contribution in [0.25, 0.3) is 0 Å². The maximum atomic E-state index is 11.9. The Hall–Kier alpha value is -1.91. The van der Waals surface area contributed by atoms with Crippen LogP contribution in [0.5, 0.6) is 0 Å². The highest BCUT2D eigenvalue weighted by atomic mass is 16.5. The van der Waals surface area contributed by atoms with Gasteiger partial charge in [-0.1, -0.05) is 32.8 Å². The predicted molar refractivity (Wildman–Crippen MR) is 74.5 cm³/mol. The minimum Gasteiger partial charge on any atom is -0.461 e. The van der Waals surface area contributed by atoms with E-state index in [0.29, 0.717) is 12.5 Å². The molecule has 0 radical (unpaired) electrons. The second-order valence-electron chi connectivity index (χ2n) is 4.41. The number of hydrogen-bond acceptors (Lipinski definition) is 5. The molecule has 20 heavy (non-hydrogen) atoms. The molecule has 0 unspecified atom stereocenters. The van der Waals surface area contributed by atoms with E-state index in [9.17, 15) is 9.59 Å². The molecule has 110 valence electrons. The van der Waals surface area contributed by atoms with E-state index in [2.05, 4.69) is 18.8 Å². The monoisotopic (exact) mass is 279 g/mol. The number of carbonyl (C=O) groups is 2. The normalized spacial score (nSPS) is 10.4. The van der Waals surface area contributed by atoms with Crippen LogP contribution in [0.3, 0.4) is 0 Å². The maximum absolute atomic E-state index is 11.9. The van der Waals surface area contributed by atoms with Crippen molar-refractivity contribution in [3.8, 4) is 0 Å². The standard InChI is InChI=1S/C15H21NO4/c1-4-11(5-2)10-20-15(18)13-9-7-8-12(16-13)14(17)19-6-3/h7-9,11H,4-6,10H2,1-3H3. The van der Waals surface area contributed by atoms with Crippen LogP contribution >= 0.6 is 0 Å². The van der Waals surface area contributed by atoms with E-state index in [1.54, 1.807) is 13.0 Å². The first-order chi connectivity index (χ1) is 9.62. The van der Waals surface area contributed by atoms with Crippen molar-refractivity contribution in [2.75, 3.05) is 13.2 Å². The lowest BCUT2D eigenvalue weighted by molar-refractivity contribution is 0.0425. The van der Waals surface area contributed by atoms with Gasteiger partial charge in [-0.15, -0.1) is 0 Å². The number of esters is 2. The van der Waals surface area contributed by atoms with Crippen molar-refractivity contribution >= 4 is 11.9 Å². The molecule has 1 aromatic rings. The average Bonchev–Trinajstić information content (AvgIpc) is 2.48. The number of nitrogens with zero attached hydrogens (tertiary/aromatic N) is 1. The summed E-state index contributed by atoms with van der Waals surface area (Å²) in [6, 6.07) is 4.63. The van der Waals surface area contributed by atoms with Crippen LogP contribution < -0.4 is 0 Å². The minimum absolute atomic E-state index is 0.115. The number of rotatable bonds is 7. The summed E-state index contributed by atoms with van der Waals surface area (Å²) in [5.41, 5.74) is 0.241. The molecule has 0 saturated heterocycles. The number of aromatic nitrogens is 1. The molecular weight excluding hydrogens is 258 g/mol. The molecule has 0 spiro atoms. The molecule has 0 bridgehead atoms. The zero-order valence-corrected chi connectivity index (χ0v) is 12.2. The maximum Gasteiger partial charge on any atom is 0.356 e. The quantitative estimate of drug-likeness (QED) is 0.718. The van der Waals surface area contributed by atoms with Crippen molar-refractivity contribution < 1.29 is 19.1 Å². The van der Waals surface area contributed by atoms with Gasteiger partial charge >= 0.3 is 11.9 Å². The first kappa shape index (κ1) is 16.1. The second-order valence-corrected chi connectivity index (χ2v) is 4.41. The Morgan fingerprint density at radius 2 is 1.60 bits per heavy atom. The van der Waals surface area contributed by atoms with E-state index in [0.717, 1.165) is 12.8 Å². The third-order valence-corrected chi connectivity index (χ3v) is 3.05. The fourth-order valence-electron chi connectivity index (χ4n) is 1.66. The topological polar surface area (TPSA) is 65.5 Å². The van der Waals surface area contributed by atoms with Crippen LogP contribution in [0.2, 0.25) is 0 Å². The number of ether oxygens (including phenoxy) is 2. The van der Waals surface area contributed by atoms with Gasteiger partial charge < -0.3 is 9.47 Å². The molecule has 0 fully saturated rings. The van der Waals surface area contributed by atoms with Gasteiger partial charge in [-0.25, -0.2) is 14.6 Å². The molecule has 0 aliphatic carbocycles. The lowest BCUT2D eigenvalue weighted by Crippen LogP contribution is -2.16. The Labute approximate surface area is 119 Å². The molecular formula is C15H21NO4. The zero-order valence-electron chi connectivity index (χ0n) is 12.2. The van der Waals surface area contributed by atoms with Crippen molar-refractivity contribution in [1.82, 2.24) is 4.98 Å². The van der Waals surface area contributed by atoms with Gasteiger partial charge in [-0.2, -0.15) is 0 Å². The largest absolute Gasteiger partial charge is 0.461 e. The van der Waals surface area contributed by atoms with E-state index in [4.69, 9.17) is 9.47 Å². The molecule has 1 rings (SSSR count). The van der Waals surface area contributed by atoms with Gasteiger partial charge in [0.05, 0.1) is 13.2 Å². The summed E-state index contributed by atoms with van der Waals surface area (Å²) in [6.45, 7) is 6.47. The SMILES string of the molecule is CCOC(=O)c1cccc(C(=O)OCC(CC)CC)n1. The summed E-state index contributed by atoms with van der Waals surface area (Å²) >= 11 is 0. The van der Waals surface area contributed by atoms with Gasteiger partial charge in [0.15, 0.2) is 0 Å². The van der Waals surface area contributed by atoms with Gasteiger partial charge in [0.25, 0.3) is 0 Å². The van der Waals surface area contributed by atoms with Crippen molar-refractivity contribution in [2.45, 2.75) is 33.6 Å². The van der Waals surface area contributed by atoms with Crippen LogP contribution in [0, 0.1) is 5.92 Å². The predicted octanol–water partition coefficient (Wildman–Crippen LogP) is 2.85. The van der Waals surface area contributed by atoms with E-state index in [1.165, 1.54) is 12.1 Å². The molecule has 5 nitrogen and oxygen atoms in total. The Kier molecular flexibility index (Phi) is 6.70. The number of carbonyl (C=O) groups excluding carboxylic acids is 2. The minimum atomic E-state index is -0.540. The van der Waals surface area contributed by atoms with Crippen LogP contribution in [-0.4, -0.2) is 30.1 Å². The van der Waals surface area contributed by atoms with Crippen molar-refractivity contribution in [3.63, 3.8) is 0 Å². The smallest absolute Gasteiger partial charge is 0.356 e. The van der Waals surface area contributed by atoms with E-state index < -0.39 is 11.9 Å². The molecule has 0 aliphatic heterocycles. The fourth-order valence-corrected chi connectivity index (χ4v) is 1.66. The first-order valence-corrected chi connectivity index (χ1v) is 6.93. The highest BCUT2D eigenvalue weighted by molar-refractivity contribution is 5.91. The lowest BCUT2D eigenvalue weighted by Gasteiger charge is -2.12. The van der Waals surface area contributed by atoms with Gasteiger partial charge in [0.2, 0.25) is 0 Å². The Morgan fingerprint density at radius 3 is 2.10 bits per heavy atom. The van der Waals surface area contributed by atoms with Gasteiger partial charge in [0.1, 0.15) is 11.4 Å². The Balaban J connectivity index is 2.69. The van der Waals surface area contributed by atoms with E-state index in [1.807, 2.05) is 0 Å². The summed E-state index contributed by atoms with van der Waals surface area (Å²) in [6.07, 6.45) is 1.92. The van der Waals surface area contributed by atoms with E-state index >= 15 is 0 Å². The van der Waals surface area contributed by atoms with Crippen LogP contribution in [0.15, 0.2) is 18.2 Å². The highest BCUT2D eigenvalue weighted by Crippen LogP contribution is 2.10. The van der Waals surface area contributed by atoms with Crippen molar-refractivity contribution in [1.29, 1.82) is 0 Å². The third-order valence-electron chi connectivity index (χ3n) is 3.05. The average molecular weight is 279 g/mol. The highest BCUT2D eigenvalue weighted by Gasteiger charge is 2.15. The molecule has 5 heteroatoms. The van der Waals surface area contributed by atoms with Crippen molar-refractivity contribution in [3.05, 3.63) is 29.6 Å². The van der Waals surface area contributed by atoms with Crippen LogP contribution in [0.4, 0.5) is 0 Å². The van der Waals surface area contributed by atoms with Crippen LogP contribution in [0.1, 0.15) is 54.6 Å². The first-order valence-electron chi connectivity index (χ1n) is 6.93. The summed E-state index contributed by atoms with van der Waals surface area (Å²) in [4.78, 5) is 27.4. The molecule has 0 N–H and O–H groups in total. The van der Waals surface area contributed by atoms with Crippen LogP contribution in [-0.2, 0) is 9.47 Å². The fraction of sp³-hybridized carbons (Fsp3) is 0.533. The van der Waals surface area contributed by atoms with Gasteiger partial charge in [-0.3, -0.25) is 0 Å². The molecule has 0 aromatic carbocycles. The Morgan fingerprint density at radius 1 is 1.05 bits per heavy atom. The van der Waals surface area contributed by atoms with Gasteiger partial charge in [-0.05, 0) is 25.0 Å². The summed E-state index contributed by atoms with van der Waals surface area (Å²) in [7, 11) is 0. The van der Waals surface area contributed by atoms with Crippen molar-refractivity contribution in [2.24, 2.45) is 5.92 Å². The molecule has 1 heterocycles. The molecule has 0 aliphatic rings. The second kappa shape index (κ2) is 8.30. The Bertz CT molecular complexity index is 455. The van der Waals surface area contributed by atoms with Gasteiger partial charge in [0, 0.05) is 0 Å². The summed E-state index contributed by atoms with van der Waals surface area (Å²) in [5.74, 6) is -0.697.